The van der Waals surface area contributed by atoms with Gasteiger partial charge in [-0.2, -0.15) is 0 Å². The molecule has 3 nitrogen and oxygen atoms in total. The van der Waals surface area contributed by atoms with Crippen molar-refractivity contribution in [3.63, 3.8) is 0 Å². The van der Waals surface area contributed by atoms with Crippen molar-refractivity contribution in [2.75, 3.05) is 6.54 Å². The molecule has 0 spiro atoms. The number of carboxylic acid groups (broad SMARTS) is 1. The molecule has 70 valence electrons. The monoisotopic (exact) mass is 171 g/mol. The maximum atomic E-state index is 11.1. The second-order valence-electron chi connectivity index (χ2n) is 3.82. The van der Waals surface area contributed by atoms with Crippen molar-refractivity contribution in [2.45, 2.75) is 38.6 Å². The van der Waals surface area contributed by atoms with Crippen LogP contribution in [-0.2, 0) is 4.79 Å². The van der Waals surface area contributed by atoms with E-state index in [9.17, 15) is 4.79 Å². The van der Waals surface area contributed by atoms with Crippen molar-refractivity contribution < 1.29 is 9.90 Å². The molecule has 0 aromatic carbocycles. The number of hydrogen-bond acceptors (Lipinski definition) is 2. The normalized spacial score (nSPS) is 30.6. The Morgan fingerprint density at radius 1 is 1.50 bits per heavy atom. The zero-order chi connectivity index (χ0) is 9.19. The van der Waals surface area contributed by atoms with Crippen LogP contribution in [0.1, 0.15) is 33.1 Å². The zero-order valence-corrected chi connectivity index (χ0v) is 7.76. The van der Waals surface area contributed by atoms with Crippen LogP contribution in [0.15, 0.2) is 0 Å². The second-order valence-corrected chi connectivity index (χ2v) is 3.82. The van der Waals surface area contributed by atoms with Crippen LogP contribution in [0.25, 0.3) is 0 Å². The summed E-state index contributed by atoms with van der Waals surface area (Å²) in [5.41, 5.74) is -0.655. The van der Waals surface area contributed by atoms with Gasteiger partial charge in [0.2, 0.25) is 0 Å². The lowest BCUT2D eigenvalue weighted by atomic mass is 9.79. The third-order valence-corrected chi connectivity index (χ3v) is 2.81. The first-order valence-corrected chi connectivity index (χ1v) is 4.58. The molecule has 3 heteroatoms. The Hall–Kier alpha value is -0.570. The first-order chi connectivity index (χ1) is 5.59. The average Bonchev–Trinajstić information content (AvgIpc) is 2.05. The largest absolute Gasteiger partial charge is 0.480 e. The Balaban J connectivity index is 2.77. The highest BCUT2D eigenvalue weighted by molar-refractivity contribution is 5.79. The molecule has 0 saturated carbocycles. The molecular formula is C9H17NO2. The molecule has 0 bridgehead atoms. The Bertz CT molecular complexity index is 171. The van der Waals surface area contributed by atoms with Crippen molar-refractivity contribution in [2.24, 2.45) is 5.92 Å². The summed E-state index contributed by atoms with van der Waals surface area (Å²) in [6.07, 6.45) is 2.89. The van der Waals surface area contributed by atoms with Crippen LogP contribution >= 0.6 is 0 Å². The number of aliphatic carboxylic acids is 1. The van der Waals surface area contributed by atoms with E-state index >= 15 is 0 Å². The third-order valence-electron chi connectivity index (χ3n) is 2.81. The van der Waals surface area contributed by atoms with Crippen molar-refractivity contribution >= 4 is 5.97 Å². The summed E-state index contributed by atoms with van der Waals surface area (Å²) in [5.74, 6) is -0.535. The van der Waals surface area contributed by atoms with Crippen LogP contribution < -0.4 is 5.32 Å². The Morgan fingerprint density at radius 3 is 2.42 bits per heavy atom. The predicted molar refractivity (Wildman–Crippen MR) is 47.1 cm³/mol. The summed E-state index contributed by atoms with van der Waals surface area (Å²) < 4.78 is 0. The fraction of sp³-hybridized carbons (Fsp3) is 0.889. The molecule has 0 amide bonds. The fourth-order valence-corrected chi connectivity index (χ4v) is 1.85. The van der Waals surface area contributed by atoms with Gasteiger partial charge in [-0.25, -0.2) is 0 Å². The van der Waals surface area contributed by atoms with Crippen LogP contribution in [-0.4, -0.2) is 23.2 Å². The second kappa shape index (κ2) is 3.44. The van der Waals surface area contributed by atoms with Gasteiger partial charge in [0.15, 0.2) is 0 Å². The van der Waals surface area contributed by atoms with Gasteiger partial charge in [-0.05, 0) is 31.7 Å². The molecule has 2 N–H and O–H groups in total. The number of nitrogens with one attached hydrogen (secondary N) is 1. The smallest absolute Gasteiger partial charge is 0.324 e. The van der Waals surface area contributed by atoms with Crippen molar-refractivity contribution in [3.8, 4) is 0 Å². The van der Waals surface area contributed by atoms with E-state index in [4.69, 9.17) is 5.11 Å². The lowest BCUT2D eigenvalue weighted by Gasteiger charge is -2.37. The molecule has 1 rings (SSSR count). The van der Waals surface area contributed by atoms with Gasteiger partial charge in [0, 0.05) is 0 Å². The highest BCUT2D eigenvalue weighted by Gasteiger charge is 2.42. The molecule has 12 heavy (non-hydrogen) atoms. The Kier molecular flexibility index (Phi) is 2.73. The van der Waals surface area contributed by atoms with E-state index in [0.29, 0.717) is 0 Å². The van der Waals surface area contributed by atoms with E-state index in [2.05, 4.69) is 5.32 Å². The minimum absolute atomic E-state index is 0.162. The van der Waals surface area contributed by atoms with Crippen molar-refractivity contribution in [1.29, 1.82) is 0 Å². The van der Waals surface area contributed by atoms with Crippen LogP contribution in [0, 0.1) is 5.92 Å². The van der Waals surface area contributed by atoms with Gasteiger partial charge in [0.1, 0.15) is 5.54 Å². The molecule has 1 fully saturated rings. The number of carboxylic acids is 1. The maximum absolute atomic E-state index is 11.1. The van der Waals surface area contributed by atoms with E-state index in [1.807, 2.05) is 13.8 Å². The van der Waals surface area contributed by atoms with Gasteiger partial charge in [-0.3, -0.25) is 4.79 Å². The number of rotatable bonds is 2. The molecule has 1 aliphatic rings. The van der Waals surface area contributed by atoms with Crippen LogP contribution in [0.3, 0.4) is 0 Å². The van der Waals surface area contributed by atoms with Gasteiger partial charge >= 0.3 is 5.97 Å². The van der Waals surface area contributed by atoms with E-state index in [-0.39, 0.29) is 5.92 Å². The number of piperidine rings is 1. The fourth-order valence-electron chi connectivity index (χ4n) is 1.85. The Labute approximate surface area is 73.2 Å². The third kappa shape index (κ3) is 1.46. The minimum Gasteiger partial charge on any atom is -0.480 e. The van der Waals surface area contributed by atoms with Gasteiger partial charge < -0.3 is 10.4 Å². The standard InChI is InChI=1S/C9H17NO2/c1-7(2)9(8(11)12)5-3-4-6-10-9/h7,10H,3-6H2,1-2H3,(H,11,12). The van der Waals surface area contributed by atoms with Crippen LogP contribution in [0.5, 0.6) is 0 Å². The first-order valence-electron chi connectivity index (χ1n) is 4.58. The van der Waals surface area contributed by atoms with E-state index in [0.717, 1.165) is 25.8 Å². The lowest BCUT2D eigenvalue weighted by Crippen LogP contribution is -2.58. The van der Waals surface area contributed by atoms with E-state index < -0.39 is 11.5 Å². The molecule has 1 unspecified atom stereocenters. The highest BCUT2D eigenvalue weighted by Crippen LogP contribution is 2.27. The summed E-state index contributed by atoms with van der Waals surface area (Å²) in [6, 6.07) is 0. The van der Waals surface area contributed by atoms with Gasteiger partial charge in [-0.15, -0.1) is 0 Å². The molecule has 0 aromatic heterocycles. The molecule has 0 radical (unpaired) electrons. The first kappa shape index (κ1) is 9.52. The Morgan fingerprint density at radius 2 is 2.17 bits per heavy atom. The van der Waals surface area contributed by atoms with Crippen molar-refractivity contribution in [3.05, 3.63) is 0 Å². The molecular weight excluding hydrogens is 154 g/mol. The molecule has 0 aromatic rings. The van der Waals surface area contributed by atoms with Gasteiger partial charge in [-0.1, -0.05) is 13.8 Å². The van der Waals surface area contributed by atoms with Crippen LogP contribution in [0.2, 0.25) is 0 Å². The summed E-state index contributed by atoms with van der Waals surface area (Å²) in [6.45, 7) is 4.77. The SMILES string of the molecule is CC(C)C1(C(=O)O)CCCCN1. The van der Waals surface area contributed by atoms with Gasteiger partial charge in [0.25, 0.3) is 0 Å². The average molecular weight is 171 g/mol. The van der Waals surface area contributed by atoms with Gasteiger partial charge in [0.05, 0.1) is 0 Å². The quantitative estimate of drug-likeness (QED) is 0.657. The molecule has 1 saturated heterocycles. The highest BCUT2D eigenvalue weighted by atomic mass is 16.4. The lowest BCUT2D eigenvalue weighted by molar-refractivity contribution is -0.148. The number of carbonyl (C=O) groups is 1. The number of hydrogen-bond donors (Lipinski definition) is 2. The molecule has 1 aliphatic heterocycles. The summed E-state index contributed by atoms with van der Waals surface area (Å²) in [5, 5.41) is 12.2. The van der Waals surface area contributed by atoms with E-state index in [1.54, 1.807) is 0 Å². The van der Waals surface area contributed by atoms with E-state index in [1.165, 1.54) is 0 Å². The zero-order valence-electron chi connectivity index (χ0n) is 7.76. The summed E-state index contributed by atoms with van der Waals surface area (Å²) in [4.78, 5) is 11.1. The van der Waals surface area contributed by atoms with Crippen LogP contribution in [0.4, 0.5) is 0 Å². The maximum Gasteiger partial charge on any atom is 0.324 e. The molecule has 0 aliphatic carbocycles. The molecule has 1 atom stereocenters. The van der Waals surface area contributed by atoms with Crippen molar-refractivity contribution in [1.82, 2.24) is 5.32 Å². The minimum atomic E-state index is -0.697. The summed E-state index contributed by atoms with van der Waals surface area (Å²) >= 11 is 0. The summed E-state index contributed by atoms with van der Waals surface area (Å²) in [7, 11) is 0. The molecule has 1 heterocycles. The predicted octanol–water partition coefficient (Wildman–Crippen LogP) is 1.24. The topological polar surface area (TPSA) is 49.3 Å².